The lowest BCUT2D eigenvalue weighted by Gasteiger charge is -2.26. The van der Waals surface area contributed by atoms with Crippen molar-refractivity contribution < 1.29 is 9.26 Å². The second kappa shape index (κ2) is 8.49. The molecule has 0 bridgehead atoms. The molecule has 1 N–H and O–H groups in total. The molecular weight excluding hydrogens is 266 g/mol. The minimum atomic E-state index is -0.425. The zero-order chi connectivity index (χ0) is 15.9. The van der Waals surface area contributed by atoms with Crippen LogP contribution in [0.3, 0.4) is 0 Å². The molecule has 0 aliphatic heterocycles. The highest BCUT2D eigenvalue weighted by atomic mass is 16.5. The van der Waals surface area contributed by atoms with Crippen LogP contribution in [0.15, 0.2) is 4.52 Å². The first-order valence-electron chi connectivity index (χ1n) is 8.14. The fraction of sp³-hybridized carbons (Fsp3) is 0.875. The summed E-state index contributed by atoms with van der Waals surface area (Å²) in [5.74, 6) is 1.88. The largest absolute Gasteiger partial charge is 0.370 e. The lowest BCUT2D eigenvalue weighted by atomic mass is 9.96. The topological polar surface area (TPSA) is 60.2 Å². The number of hydrogen-bond acceptors (Lipinski definition) is 5. The maximum Gasteiger partial charge on any atom is 0.228 e. The van der Waals surface area contributed by atoms with E-state index in [2.05, 4.69) is 50.1 Å². The maximum absolute atomic E-state index is 5.65. The fourth-order valence-electron chi connectivity index (χ4n) is 2.53. The Morgan fingerprint density at radius 2 is 1.90 bits per heavy atom. The van der Waals surface area contributed by atoms with Gasteiger partial charge in [0.05, 0.1) is 0 Å². The molecule has 0 fully saturated rings. The van der Waals surface area contributed by atoms with Crippen molar-refractivity contribution in [3.63, 3.8) is 0 Å². The van der Waals surface area contributed by atoms with Gasteiger partial charge in [-0.15, -0.1) is 0 Å². The highest BCUT2D eigenvalue weighted by Gasteiger charge is 2.34. The second-order valence-corrected chi connectivity index (χ2v) is 5.93. The Kier molecular flexibility index (Phi) is 7.32. The molecule has 5 heteroatoms. The molecule has 0 spiro atoms. The normalized spacial score (nSPS) is 13.9. The van der Waals surface area contributed by atoms with Gasteiger partial charge in [0.15, 0.2) is 0 Å². The minimum Gasteiger partial charge on any atom is -0.370 e. The molecule has 0 aromatic carbocycles. The maximum atomic E-state index is 5.65. The molecule has 0 aliphatic rings. The molecule has 0 amide bonds. The van der Waals surface area contributed by atoms with E-state index in [1.165, 1.54) is 0 Å². The predicted molar refractivity (Wildman–Crippen MR) is 84.2 cm³/mol. The molecule has 1 rings (SSSR count). The van der Waals surface area contributed by atoms with Gasteiger partial charge in [-0.25, -0.2) is 0 Å². The van der Waals surface area contributed by atoms with Gasteiger partial charge >= 0.3 is 0 Å². The van der Waals surface area contributed by atoms with Gasteiger partial charge in [0.25, 0.3) is 0 Å². The molecule has 21 heavy (non-hydrogen) atoms. The van der Waals surface area contributed by atoms with E-state index in [1.54, 1.807) is 7.11 Å². The standard InChI is InChI=1S/C16H31N3O2/c1-7-10-17-13(12(4)5)11-14-18-15(19-21-14)16(8-2,9-3)20-6/h12-13,17H,7-11H2,1-6H3. The van der Waals surface area contributed by atoms with Crippen molar-refractivity contribution in [3.8, 4) is 0 Å². The summed E-state index contributed by atoms with van der Waals surface area (Å²) in [5, 5.41) is 7.70. The summed E-state index contributed by atoms with van der Waals surface area (Å²) in [6, 6.07) is 0.360. The zero-order valence-electron chi connectivity index (χ0n) is 14.4. The van der Waals surface area contributed by atoms with Crippen molar-refractivity contribution in [2.45, 2.75) is 71.9 Å². The van der Waals surface area contributed by atoms with E-state index in [9.17, 15) is 0 Å². The Bertz CT molecular complexity index is 392. The first kappa shape index (κ1) is 18.1. The van der Waals surface area contributed by atoms with Crippen LogP contribution in [0, 0.1) is 5.92 Å². The number of methoxy groups -OCH3 is 1. The highest BCUT2D eigenvalue weighted by molar-refractivity contribution is 5.01. The van der Waals surface area contributed by atoms with Crippen molar-refractivity contribution >= 4 is 0 Å². The Morgan fingerprint density at radius 3 is 2.38 bits per heavy atom. The van der Waals surface area contributed by atoms with Crippen LogP contribution >= 0.6 is 0 Å². The number of ether oxygens (including phenoxy) is 1. The summed E-state index contributed by atoms with van der Waals surface area (Å²) in [5.41, 5.74) is -0.425. The Morgan fingerprint density at radius 1 is 1.24 bits per heavy atom. The van der Waals surface area contributed by atoms with E-state index >= 15 is 0 Å². The molecule has 0 radical (unpaired) electrons. The van der Waals surface area contributed by atoms with Crippen LogP contribution in [-0.2, 0) is 16.8 Å². The zero-order valence-corrected chi connectivity index (χ0v) is 14.4. The van der Waals surface area contributed by atoms with E-state index in [1.807, 2.05) is 0 Å². The van der Waals surface area contributed by atoms with Crippen LogP contribution in [0.1, 0.15) is 65.6 Å². The van der Waals surface area contributed by atoms with E-state index in [0.717, 1.165) is 32.2 Å². The minimum absolute atomic E-state index is 0.360. The number of aromatic nitrogens is 2. The molecule has 0 aliphatic carbocycles. The quantitative estimate of drug-likeness (QED) is 0.718. The van der Waals surface area contributed by atoms with Gasteiger partial charge < -0.3 is 14.6 Å². The fourth-order valence-corrected chi connectivity index (χ4v) is 2.53. The van der Waals surface area contributed by atoms with Gasteiger partial charge in [-0.3, -0.25) is 0 Å². The smallest absolute Gasteiger partial charge is 0.228 e. The van der Waals surface area contributed by atoms with Crippen LogP contribution in [0.25, 0.3) is 0 Å². The second-order valence-electron chi connectivity index (χ2n) is 5.93. The SMILES string of the molecule is CCCNC(Cc1nc(C(CC)(CC)OC)no1)C(C)C. The summed E-state index contributed by atoms with van der Waals surface area (Å²) >= 11 is 0. The Balaban J connectivity index is 2.82. The van der Waals surface area contributed by atoms with Crippen molar-refractivity contribution in [2.24, 2.45) is 5.92 Å². The van der Waals surface area contributed by atoms with Gasteiger partial charge in [-0.1, -0.05) is 39.8 Å². The summed E-state index contributed by atoms with van der Waals surface area (Å²) in [6.45, 7) is 11.8. The summed E-state index contributed by atoms with van der Waals surface area (Å²) in [4.78, 5) is 4.58. The highest BCUT2D eigenvalue weighted by Crippen LogP contribution is 2.30. The first-order chi connectivity index (χ1) is 10.0. The van der Waals surface area contributed by atoms with E-state index in [0.29, 0.717) is 23.7 Å². The predicted octanol–water partition coefficient (Wildman–Crippen LogP) is 3.30. The summed E-state index contributed by atoms with van der Waals surface area (Å²) in [7, 11) is 1.71. The van der Waals surface area contributed by atoms with Crippen LogP contribution in [0.2, 0.25) is 0 Å². The molecule has 1 atom stereocenters. The Hall–Kier alpha value is -0.940. The lowest BCUT2D eigenvalue weighted by molar-refractivity contribution is -0.0306. The average Bonchev–Trinajstić information content (AvgIpc) is 2.95. The molecule has 0 saturated heterocycles. The van der Waals surface area contributed by atoms with Crippen LogP contribution in [0.5, 0.6) is 0 Å². The lowest BCUT2D eigenvalue weighted by Crippen LogP contribution is -2.36. The monoisotopic (exact) mass is 297 g/mol. The van der Waals surface area contributed by atoms with E-state index in [4.69, 9.17) is 9.26 Å². The van der Waals surface area contributed by atoms with Gasteiger partial charge in [-0.05, 0) is 31.7 Å². The van der Waals surface area contributed by atoms with Crippen molar-refractivity contribution in [2.75, 3.05) is 13.7 Å². The van der Waals surface area contributed by atoms with E-state index < -0.39 is 5.60 Å². The molecule has 1 aromatic heterocycles. The number of nitrogens with zero attached hydrogens (tertiary/aromatic N) is 2. The third kappa shape index (κ3) is 4.51. The van der Waals surface area contributed by atoms with Crippen LogP contribution < -0.4 is 5.32 Å². The van der Waals surface area contributed by atoms with Crippen molar-refractivity contribution in [1.82, 2.24) is 15.5 Å². The number of hydrogen-bond donors (Lipinski definition) is 1. The van der Waals surface area contributed by atoms with E-state index in [-0.39, 0.29) is 0 Å². The number of nitrogens with one attached hydrogen (secondary N) is 1. The molecule has 1 heterocycles. The summed E-state index contributed by atoms with van der Waals surface area (Å²) < 4.78 is 11.1. The number of rotatable bonds is 10. The van der Waals surface area contributed by atoms with Gasteiger partial charge in [0, 0.05) is 19.6 Å². The molecule has 0 saturated carbocycles. The van der Waals surface area contributed by atoms with Crippen molar-refractivity contribution in [1.29, 1.82) is 0 Å². The third-order valence-corrected chi connectivity index (χ3v) is 4.26. The van der Waals surface area contributed by atoms with Crippen LogP contribution in [-0.4, -0.2) is 29.8 Å². The Labute approximate surface area is 128 Å². The molecular formula is C16H31N3O2. The van der Waals surface area contributed by atoms with Crippen molar-refractivity contribution in [3.05, 3.63) is 11.7 Å². The van der Waals surface area contributed by atoms with Gasteiger partial charge in [0.1, 0.15) is 5.60 Å². The molecule has 1 aromatic rings. The van der Waals surface area contributed by atoms with Gasteiger partial charge in [0.2, 0.25) is 11.7 Å². The third-order valence-electron chi connectivity index (χ3n) is 4.26. The summed E-state index contributed by atoms with van der Waals surface area (Å²) in [6.07, 6.45) is 3.55. The first-order valence-corrected chi connectivity index (χ1v) is 8.14. The molecule has 122 valence electrons. The molecule has 5 nitrogen and oxygen atoms in total. The van der Waals surface area contributed by atoms with Crippen LogP contribution in [0.4, 0.5) is 0 Å². The molecule has 1 unspecified atom stereocenters. The average molecular weight is 297 g/mol. The van der Waals surface area contributed by atoms with Gasteiger partial charge in [-0.2, -0.15) is 4.98 Å².